The number of hydrogen-bond acceptors (Lipinski definition) is 6. The molecule has 0 fully saturated rings. The summed E-state index contributed by atoms with van der Waals surface area (Å²) in [5, 5.41) is 3.20. The summed E-state index contributed by atoms with van der Waals surface area (Å²) in [5.41, 5.74) is 2.54. The Balaban J connectivity index is 1.65. The SMILES string of the molecule is CC[C@@]1(C)Cc2c(sc3nc(SC)nc(SC/C=C/c4ccccc4)c23)CO1. The average molecular weight is 429 g/mol. The van der Waals surface area contributed by atoms with Crippen molar-refractivity contribution in [2.24, 2.45) is 0 Å². The van der Waals surface area contributed by atoms with Gasteiger partial charge in [-0.3, -0.25) is 0 Å². The van der Waals surface area contributed by atoms with E-state index in [1.807, 2.05) is 12.3 Å². The van der Waals surface area contributed by atoms with Crippen LogP contribution in [-0.4, -0.2) is 27.6 Å². The molecule has 0 aliphatic carbocycles. The highest BCUT2D eigenvalue weighted by atomic mass is 32.2. The molecule has 0 unspecified atom stereocenters. The van der Waals surface area contributed by atoms with E-state index in [2.05, 4.69) is 50.3 Å². The molecule has 0 spiro atoms. The maximum Gasteiger partial charge on any atom is 0.189 e. The predicted molar refractivity (Wildman–Crippen MR) is 123 cm³/mol. The zero-order chi connectivity index (χ0) is 19.6. The topological polar surface area (TPSA) is 35.0 Å². The van der Waals surface area contributed by atoms with Crippen molar-refractivity contribution in [1.29, 1.82) is 0 Å². The minimum Gasteiger partial charge on any atom is -0.369 e. The van der Waals surface area contributed by atoms with E-state index in [1.165, 1.54) is 21.4 Å². The first kappa shape index (κ1) is 20.0. The Bertz CT molecular complexity index is 1000. The van der Waals surface area contributed by atoms with Crippen molar-refractivity contribution in [3.63, 3.8) is 0 Å². The van der Waals surface area contributed by atoms with Gasteiger partial charge in [-0.1, -0.05) is 61.2 Å². The van der Waals surface area contributed by atoms with Gasteiger partial charge in [-0.05, 0) is 30.7 Å². The van der Waals surface area contributed by atoms with E-state index in [-0.39, 0.29) is 5.60 Å². The third-order valence-electron chi connectivity index (χ3n) is 5.14. The molecule has 2 aromatic heterocycles. The zero-order valence-electron chi connectivity index (χ0n) is 16.4. The van der Waals surface area contributed by atoms with E-state index >= 15 is 0 Å². The van der Waals surface area contributed by atoms with Crippen LogP contribution >= 0.6 is 34.9 Å². The van der Waals surface area contributed by atoms with Crippen molar-refractivity contribution >= 4 is 51.2 Å². The van der Waals surface area contributed by atoms with Crippen LogP contribution in [0.2, 0.25) is 0 Å². The standard InChI is InChI=1S/C22H24N2OS3/c1-4-22(2)13-16-17(14-25-22)28-20-18(16)19(23-21(24-20)26-3)27-12-8-11-15-9-6-5-7-10-15/h5-11H,4,12-14H2,1-3H3/b11-8+/t22-/m0/s1. The molecule has 0 saturated carbocycles. The number of rotatable bonds is 6. The van der Waals surface area contributed by atoms with Gasteiger partial charge in [0.25, 0.3) is 0 Å². The highest BCUT2D eigenvalue weighted by Crippen LogP contribution is 2.43. The number of thiophene rings is 1. The molecule has 0 amide bonds. The fourth-order valence-corrected chi connectivity index (χ4v) is 5.83. The fraction of sp³-hybridized carbons (Fsp3) is 0.364. The number of nitrogens with zero attached hydrogens (tertiary/aromatic N) is 2. The summed E-state index contributed by atoms with van der Waals surface area (Å²) in [6.07, 6.45) is 8.37. The van der Waals surface area contributed by atoms with Gasteiger partial charge in [-0.25, -0.2) is 9.97 Å². The lowest BCUT2D eigenvalue weighted by Gasteiger charge is -2.33. The van der Waals surface area contributed by atoms with Gasteiger partial charge in [0, 0.05) is 22.4 Å². The number of thioether (sulfide) groups is 2. The van der Waals surface area contributed by atoms with Gasteiger partial charge in [0.05, 0.1) is 12.2 Å². The molecular formula is C22H24N2OS3. The van der Waals surface area contributed by atoms with Crippen LogP contribution in [0.1, 0.15) is 36.3 Å². The number of benzene rings is 1. The number of hydrogen-bond donors (Lipinski definition) is 0. The molecule has 3 nitrogen and oxygen atoms in total. The Kier molecular flexibility index (Phi) is 6.11. The van der Waals surface area contributed by atoms with Crippen molar-refractivity contribution in [2.45, 2.75) is 49.1 Å². The molecule has 3 aromatic rings. The quantitative estimate of drug-likeness (QED) is 0.256. The van der Waals surface area contributed by atoms with Gasteiger partial charge in [0.1, 0.15) is 9.86 Å². The smallest absolute Gasteiger partial charge is 0.189 e. The fourth-order valence-electron chi connectivity index (χ4n) is 3.32. The lowest BCUT2D eigenvalue weighted by atomic mass is 9.90. The van der Waals surface area contributed by atoms with E-state index in [1.54, 1.807) is 34.9 Å². The number of aromatic nitrogens is 2. The van der Waals surface area contributed by atoms with E-state index in [0.717, 1.165) is 33.6 Å². The normalized spacial score (nSPS) is 19.4. The van der Waals surface area contributed by atoms with Crippen molar-refractivity contribution in [2.75, 3.05) is 12.0 Å². The van der Waals surface area contributed by atoms with Gasteiger partial charge in [0.2, 0.25) is 0 Å². The molecule has 0 radical (unpaired) electrons. The van der Waals surface area contributed by atoms with Crippen LogP contribution in [0.4, 0.5) is 0 Å². The van der Waals surface area contributed by atoms with Crippen LogP contribution in [0.3, 0.4) is 0 Å². The van der Waals surface area contributed by atoms with E-state index in [9.17, 15) is 0 Å². The molecule has 6 heteroatoms. The van der Waals surface area contributed by atoms with Gasteiger partial charge < -0.3 is 4.74 Å². The first-order valence-electron chi connectivity index (χ1n) is 9.46. The average Bonchev–Trinajstić information content (AvgIpc) is 3.09. The second-order valence-corrected chi connectivity index (χ2v) is 9.96. The first-order chi connectivity index (χ1) is 13.6. The summed E-state index contributed by atoms with van der Waals surface area (Å²) in [6, 6.07) is 10.4. The Morgan fingerprint density at radius 1 is 1.25 bits per heavy atom. The Morgan fingerprint density at radius 2 is 2.07 bits per heavy atom. The maximum absolute atomic E-state index is 6.15. The lowest BCUT2D eigenvalue weighted by molar-refractivity contribution is -0.0543. The molecule has 0 saturated heterocycles. The lowest BCUT2D eigenvalue weighted by Crippen LogP contribution is -2.33. The molecule has 1 aliphatic rings. The molecule has 28 heavy (non-hydrogen) atoms. The monoisotopic (exact) mass is 428 g/mol. The van der Waals surface area contributed by atoms with Gasteiger partial charge in [0.15, 0.2) is 5.16 Å². The number of ether oxygens (including phenoxy) is 1. The Morgan fingerprint density at radius 3 is 2.82 bits per heavy atom. The highest BCUT2D eigenvalue weighted by molar-refractivity contribution is 7.99. The zero-order valence-corrected chi connectivity index (χ0v) is 18.8. The molecule has 146 valence electrons. The minimum atomic E-state index is -0.0890. The third kappa shape index (κ3) is 4.15. The molecular weight excluding hydrogens is 404 g/mol. The van der Waals surface area contributed by atoms with Crippen molar-refractivity contribution in [1.82, 2.24) is 9.97 Å². The van der Waals surface area contributed by atoms with Crippen LogP contribution in [0, 0.1) is 0 Å². The largest absolute Gasteiger partial charge is 0.369 e. The minimum absolute atomic E-state index is 0.0890. The van der Waals surface area contributed by atoms with Crippen LogP contribution in [0.5, 0.6) is 0 Å². The van der Waals surface area contributed by atoms with Crippen LogP contribution in [0.15, 0.2) is 46.6 Å². The van der Waals surface area contributed by atoms with Crippen LogP contribution in [-0.2, 0) is 17.8 Å². The molecule has 1 aliphatic heterocycles. The summed E-state index contributed by atoms with van der Waals surface area (Å²) < 4.78 is 6.15. The summed E-state index contributed by atoms with van der Waals surface area (Å²) in [7, 11) is 0. The summed E-state index contributed by atoms with van der Waals surface area (Å²) in [4.78, 5) is 12.1. The van der Waals surface area contributed by atoms with Crippen LogP contribution < -0.4 is 0 Å². The Hall–Kier alpha value is -1.34. The molecule has 0 bridgehead atoms. The second kappa shape index (κ2) is 8.57. The predicted octanol–water partition coefficient (Wildman–Crippen LogP) is 6.46. The van der Waals surface area contributed by atoms with Crippen molar-refractivity contribution < 1.29 is 4.74 Å². The van der Waals surface area contributed by atoms with E-state index < -0.39 is 0 Å². The maximum atomic E-state index is 6.15. The first-order valence-corrected chi connectivity index (χ1v) is 12.5. The van der Waals surface area contributed by atoms with Crippen molar-refractivity contribution in [3.8, 4) is 0 Å². The highest BCUT2D eigenvalue weighted by Gasteiger charge is 2.33. The van der Waals surface area contributed by atoms with Gasteiger partial charge in [-0.15, -0.1) is 23.1 Å². The molecule has 3 heterocycles. The summed E-state index contributed by atoms with van der Waals surface area (Å²) in [5.74, 6) is 0.890. The molecule has 0 N–H and O–H groups in total. The summed E-state index contributed by atoms with van der Waals surface area (Å²) in [6.45, 7) is 5.10. The van der Waals surface area contributed by atoms with E-state index in [0.29, 0.717) is 6.61 Å². The molecule has 1 atom stereocenters. The van der Waals surface area contributed by atoms with E-state index in [4.69, 9.17) is 14.7 Å². The number of fused-ring (bicyclic) bond motifs is 3. The summed E-state index contributed by atoms with van der Waals surface area (Å²) >= 11 is 5.17. The molecule has 1 aromatic carbocycles. The van der Waals surface area contributed by atoms with Gasteiger partial charge in [-0.2, -0.15) is 0 Å². The third-order valence-corrected chi connectivity index (χ3v) is 7.71. The second-order valence-electron chi connectivity index (χ2n) is 7.09. The molecule has 4 rings (SSSR count). The Labute approximate surface area is 179 Å². The van der Waals surface area contributed by atoms with Crippen LogP contribution in [0.25, 0.3) is 16.3 Å². The van der Waals surface area contributed by atoms with Crippen molar-refractivity contribution in [3.05, 3.63) is 52.4 Å². The van der Waals surface area contributed by atoms with Gasteiger partial charge >= 0.3 is 0 Å².